The fourth-order valence-corrected chi connectivity index (χ4v) is 3.25. The van der Waals surface area contributed by atoms with Gasteiger partial charge in [-0.15, -0.1) is 0 Å². The molecule has 0 aromatic heterocycles. The molecule has 2 amide bonds. The first-order valence-corrected chi connectivity index (χ1v) is 10.8. The molecule has 0 aromatic rings. The van der Waals surface area contributed by atoms with E-state index in [1.807, 2.05) is 0 Å². The van der Waals surface area contributed by atoms with Gasteiger partial charge in [-0.05, 0) is 11.8 Å². The van der Waals surface area contributed by atoms with E-state index in [1.165, 1.54) is 0 Å². The minimum absolute atomic E-state index is 0.00880. The maximum atomic E-state index is 12.9. The van der Waals surface area contributed by atoms with Crippen molar-refractivity contribution in [2.45, 2.75) is 46.2 Å². The zero-order valence-corrected chi connectivity index (χ0v) is 19.3. The highest BCUT2D eigenvalue weighted by molar-refractivity contribution is 6.01. The van der Waals surface area contributed by atoms with Crippen molar-refractivity contribution in [2.75, 3.05) is 33.5 Å². The molecule has 2 N–H and O–H groups in total. The van der Waals surface area contributed by atoms with Gasteiger partial charge < -0.3 is 29.7 Å². The molecule has 0 aliphatic carbocycles. The van der Waals surface area contributed by atoms with Crippen LogP contribution in [0.4, 0.5) is 0 Å². The molecule has 0 spiro atoms. The Morgan fingerprint density at radius 1 is 0.781 bits per heavy atom. The fourth-order valence-electron chi connectivity index (χ4n) is 3.25. The highest BCUT2D eigenvalue weighted by Gasteiger charge is 2.31. The third kappa shape index (κ3) is 7.08. The van der Waals surface area contributed by atoms with E-state index in [0.29, 0.717) is 11.1 Å². The molecule has 2 bridgehead atoms. The number of hydrogen-bond donors (Lipinski definition) is 2. The topological polar surface area (TPSA) is 123 Å². The van der Waals surface area contributed by atoms with Gasteiger partial charge in [-0.3, -0.25) is 9.59 Å². The normalized spacial score (nSPS) is 24.5. The standard InChI is InChI=1S/C22H33N3O7/c1-13(2)17-21(28)31-8-6-30-7-9-32-22(29)18(14(3)4)24-20(27)16-10-15(19(26)23-17)11-25(5)12-16/h11-14,17-18H,6-10H2,1-5H3,(H,23,26)(H,24,27)/t17-,18-/m0/s1. The van der Waals surface area contributed by atoms with Crippen molar-refractivity contribution in [3.8, 4) is 0 Å². The number of esters is 2. The van der Waals surface area contributed by atoms with Crippen LogP contribution >= 0.6 is 0 Å². The number of fused-ring (bicyclic) bond motifs is 2. The second-order valence-electron chi connectivity index (χ2n) is 8.49. The smallest absolute Gasteiger partial charge is 0.328 e. The number of hydrogen-bond acceptors (Lipinski definition) is 8. The van der Waals surface area contributed by atoms with Crippen LogP contribution in [0.1, 0.15) is 34.1 Å². The number of cyclic esters (lactones) is 2. The second kappa shape index (κ2) is 11.7. The van der Waals surface area contributed by atoms with Crippen LogP contribution in [0, 0.1) is 11.8 Å². The Bertz CT molecular complexity index is 726. The number of nitrogens with zero attached hydrogens (tertiary/aromatic N) is 1. The zero-order chi connectivity index (χ0) is 23.8. The van der Waals surface area contributed by atoms with Crippen LogP contribution in [0.15, 0.2) is 23.5 Å². The SMILES string of the molecule is CC(C)[C@@H]1NC(=O)C2=CN(C)C=C(C2)C(=O)N[C@@H](C(C)C)C(=O)OCCOCCOC1=O. The van der Waals surface area contributed by atoms with Gasteiger partial charge in [0, 0.05) is 37.0 Å². The van der Waals surface area contributed by atoms with E-state index in [4.69, 9.17) is 14.2 Å². The molecule has 1 saturated heterocycles. The van der Waals surface area contributed by atoms with Crippen LogP contribution in [-0.4, -0.2) is 74.2 Å². The summed E-state index contributed by atoms with van der Waals surface area (Å²) in [5, 5.41) is 5.43. The Morgan fingerprint density at radius 3 is 1.56 bits per heavy atom. The number of rotatable bonds is 2. The van der Waals surface area contributed by atoms with Gasteiger partial charge in [0.05, 0.1) is 13.2 Å². The van der Waals surface area contributed by atoms with Crippen molar-refractivity contribution in [1.82, 2.24) is 15.5 Å². The van der Waals surface area contributed by atoms with Crippen molar-refractivity contribution in [3.63, 3.8) is 0 Å². The minimum atomic E-state index is -0.845. The molecular formula is C22H33N3O7. The molecule has 0 radical (unpaired) electrons. The van der Waals surface area contributed by atoms with Gasteiger partial charge in [-0.2, -0.15) is 0 Å². The third-order valence-corrected chi connectivity index (χ3v) is 5.04. The molecule has 2 aliphatic rings. The number of amides is 2. The number of carbonyl (C=O) groups excluding carboxylic acids is 4. The summed E-state index contributed by atoms with van der Waals surface area (Å²) in [6, 6.07) is -1.69. The molecule has 32 heavy (non-hydrogen) atoms. The summed E-state index contributed by atoms with van der Waals surface area (Å²) in [4.78, 5) is 52.3. The van der Waals surface area contributed by atoms with Gasteiger partial charge in [0.15, 0.2) is 0 Å². The third-order valence-electron chi connectivity index (χ3n) is 5.04. The van der Waals surface area contributed by atoms with Gasteiger partial charge in [0.2, 0.25) is 11.8 Å². The highest BCUT2D eigenvalue weighted by atomic mass is 16.6. The predicted octanol–water partition coefficient (Wildman–Crippen LogP) is 0.488. The van der Waals surface area contributed by atoms with E-state index in [9.17, 15) is 19.2 Å². The van der Waals surface area contributed by atoms with Gasteiger partial charge in [-0.25, -0.2) is 9.59 Å². The second-order valence-corrected chi connectivity index (χ2v) is 8.49. The molecule has 1 fully saturated rings. The Hall–Kier alpha value is -2.88. The quantitative estimate of drug-likeness (QED) is 0.582. The molecule has 2 aliphatic heterocycles. The summed E-state index contributed by atoms with van der Waals surface area (Å²) in [5.74, 6) is -2.48. The first kappa shape index (κ1) is 25.4. The average molecular weight is 452 g/mol. The maximum Gasteiger partial charge on any atom is 0.328 e. The number of ether oxygens (including phenoxy) is 3. The predicted molar refractivity (Wildman–Crippen MR) is 115 cm³/mol. The molecule has 10 nitrogen and oxygen atoms in total. The Labute approximate surface area is 188 Å². The summed E-state index contributed by atoms with van der Waals surface area (Å²) in [6.07, 6.45) is 3.24. The van der Waals surface area contributed by atoms with E-state index in [0.717, 1.165) is 0 Å². The number of nitrogens with one attached hydrogen (secondary N) is 2. The monoisotopic (exact) mass is 451 g/mol. The van der Waals surface area contributed by atoms with Crippen molar-refractivity contribution >= 4 is 23.8 Å². The van der Waals surface area contributed by atoms with Crippen molar-refractivity contribution < 1.29 is 33.4 Å². The van der Waals surface area contributed by atoms with Gasteiger partial charge in [0.25, 0.3) is 0 Å². The summed E-state index contributed by atoms with van der Waals surface area (Å²) in [5.41, 5.74) is 0.624. The van der Waals surface area contributed by atoms with E-state index in [1.54, 1.807) is 52.0 Å². The van der Waals surface area contributed by atoms with Crippen LogP contribution in [0.3, 0.4) is 0 Å². The molecule has 0 unspecified atom stereocenters. The van der Waals surface area contributed by atoms with Crippen LogP contribution in [0.25, 0.3) is 0 Å². The van der Waals surface area contributed by atoms with E-state index in [-0.39, 0.29) is 44.7 Å². The van der Waals surface area contributed by atoms with Crippen LogP contribution in [-0.2, 0) is 33.4 Å². The lowest BCUT2D eigenvalue weighted by molar-refractivity contribution is -0.152. The minimum Gasteiger partial charge on any atom is -0.462 e. The Morgan fingerprint density at radius 2 is 1.19 bits per heavy atom. The van der Waals surface area contributed by atoms with Gasteiger partial charge in [-0.1, -0.05) is 27.7 Å². The first-order valence-electron chi connectivity index (χ1n) is 10.8. The largest absolute Gasteiger partial charge is 0.462 e. The van der Waals surface area contributed by atoms with Gasteiger partial charge in [0.1, 0.15) is 25.3 Å². The molecule has 10 heteroatoms. The van der Waals surface area contributed by atoms with Crippen LogP contribution in [0.5, 0.6) is 0 Å². The molecule has 2 rings (SSSR count). The Balaban J connectivity index is 2.26. The fraction of sp³-hybridized carbons (Fsp3) is 0.636. The lowest BCUT2D eigenvalue weighted by Crippen LogP contribution is -2.48. The summed E-state index contributed by atoms with van der Waals surface area (Å²) < 4.78 is 15.8. The number of carbonyl (C=O) groups is 4. The Kier molecular flexibility index (Phi) is 9.25. The lowest BCUT2D eigenvalue weighted by atomic mass is 9.99. The van der Waals surface area contributed by atoms with Crippen molar-refractivity contribution in [3.05, 3.63) is 23.5 Å². The van der Waals surface area contributed by atoms with E-state index >= 15 is 0 Å². The maximum absolute atomic E-state index is 12.9. The molecule has 0 aromatic carbocycles. The van der Waals surface area contributed by atoms with Gasteiger partial charge >= 0.3 is 11.9 Å². The molecule has 0 saturated carbocycles. The van der Waals surface area contributed by atoms with Crippen molar-refractivity contribution in [1.29, 1.82) is 0 Å². The molecule has 178 valence electrons. The zero-order valence-electron chi connectivity index (χ0n) is 19.3. The summed E-state index contributed by atoms with van der Waals surface area (Å²) in [7, 11) is 1.69. The first-order chi connectivity index (χ1) is 15.1. The van der Waals surface area contributed by atoms with Crippen LogP contribution in [0.2, 0.25) is 0 Å². The lowest BCUT2D eigenvalue weighted by Gasteiger charge is -2.26. The van der Waals surface area contributed by atoms with Crippen molar-refractivity contribution in [2.24, 2.45) is 11.8 Å². The van der Waals surface area contributed by atoms with Crippen LogP contribution < -0.4 is 10.6 Å². The summed E-state index contributed by atoms with van der Waals surface area (Å²) in [6.45, 7) is 7.46. The summed E-state index contributed by atoms with van der Waals surface area (Å²) >= 11 is 0. The average Bonchev–Trinajstić information content (AvgIpc) is 2.72. The van der Waals surface area contributed by atoms with E-state index < -0.39 is 35.8 Å². The van der Waals surface area contributed by atoms with E-state index in [2.05, 4.69) is 10.6 Å². The highest BCUT2D eigenvalue weighted by Crippen LogP contribution is 2.20. The molecular weight excluding hydrogens is 418 g/mol. The molecule has 2 heterocycles. The molecule has 2 atom stereocenters.